The number of piperidine rings is 1. The molecule has 0 spiro atoms. The molecule has 19 heavy (non-hydrogen) atoms. The molecule has 0 atom stereocenters. The molecule has 0 saturated carbocycles. The second kappa shape index (κ2) is 6.30. The quantitative estimate of drug-likeness (QED) is 0.766. The van der Waals surface area contributed by atoms with Gasteiger partial charge in [-0.1, -0.05) is 6.07 Å². The van der Waals surface area contributed by atoms with Crippen molar-refractivity contribution in [3.8, 4) is 6.07 Å². The van der Waals surface area contributed by atoms with Crippen LogP contribution in [0.15, 0.2) is 18.3 Å². The molecule has 0 N–H and O–H groups in total. The lowest BCUT2D eigenvalue weighted by atomic mass is 9.96. The number of pyridine rings is 1. The fourth-order valence-corrected chi connectivity index (χ4v) is 2.40. The Morgan fingerprint density at radius 1 is 1.58 bits per heavy atom. The summed E-state index contributed by atoms with van der Waals surface area (Å²) in [4.78, 5) is 17.7. The zero-order valence-electron chi connectivity index (χ0n) is 11.0. The van der Waals surface area contributed by atoms with Crippen LogP contribution in [-0.2, 0) is 16.1 Å². The summed E-state index contributed by atoms with van der Waals surface area (Å²) in [6, 6.07) is 5.88. The van der Waals surface area contributed by atoms with Crippen molar-refractivity contribution in [1.82, 2.24) is 9.88 Å². The van der Waals surface area contributed by atoms with Gasteiger partial charge < -0.3 is 4.74 Å². The minimum atomic E-state index is -0.112. The van der Waals surface area contributed by atoms with E-state index in [9.17, 15) is 4.79 Å². The highest BCUT2D eigenvalue weighted by Gasteiger charge is 2.25. The van der Waals surface area contributed by atoms with Crippen LogP contribution in [0.1, 0.15) is 24.1 Å². The normalized spacial score (nSPS) is 16.8. The van der Waals surface area contributed by atoms with Gasteiger partial charge in [0.15, 0.2) is 0 Å². The molecule has 0 aliphatic carbocycles. The fourth-order valence-electron chi connectivity index (χ4n) is 2.40. The third kappa shape index (κ3) is 3.30. The zero-order chi connectivity index (χ0) is 13.7. The van der Waals surface area contributed by atoms with Gasteiger partial charge in [-0.05, 0) is 32.0 Å². The Morgan fingerprint density at radius 3 is 2.95 bits per heavy atom. The first-order valence-corrected chi connectivity index (χ1v) is 6.38. The van der Waals surface area contributed by atoms with E-state index in [1.165, 1.54) is 7.11 Å². The molecular formula is C14H17N3O2. The van der Waals surface area contributed by atoms with E-state index in [-0.39, 0.29) is 11.9 Å². The van der Waals surface area contributed by atoms with Crippen LogP contribution in [0.25, 0.3) is 0 Å². The molecular weight excluding hydrogens is 242 g/mol. The number of aromatic nitrogens is 1. The summed E-state index contributed by atoms with van der Waals surface area (Å²) < 4.78 is 4.77. The van der Waals surface area contributed by atoms with E-state index in [2.05, 4.69) is 16.0 Å². The minimum absolute atomic E-state index is 0.0191. The summed E-state index contributed by atoms with van der Waals surface area (Å²) in [6.45, 7) is 2.41. The van der Waals surface area contributed by atoms with Crippen molar-refractivity contribution < 1.29 is 9.53 Å². The fraction of sp³-hybridized carbons (Fsp3) is 0.500. The van der Waals surface area contributed by atoms with Gasteiger partial charge in [0.25, 0.3) is 0 Å². The molecule has 2 rings (SSSR count). The molecule has 5 nitrogen and oxygen atoms in total. The smallest absolute Gasteiger partial charge is 0.308 e. The number of carbonyl (C=O) groups is 1. The van der Waals surface area contributed by atoms with Crippen molar-refractivity contribution in [3.05, 3.63) is 29.6 Å². The SMILES string of the molecule is COC(=O)C1CCN(Cc2cccnc2C#N)CC1. The van der Waals surface area contributed by atoms with Crippen molar-refractivity contribution in [3.63, 3.8) is 0 Å². The molecule has 0 amide bonds. The maximum atomic E-state index is 11.4. The van der Waals surface area contributed by atoms with Crippen LogP contribution in [0.2, 0.25) is 0 Å². The predicted molar refractivity (Wildman–Crippen MR) is 69.0 cm³/mol. The standard InChI is InChI=1S/C14H17N3O2/c1-19-14(18)11-4-7-17(8-5-11)10-12-3-2-6-16-13(12)9-15/h2-3,6,11H,4-5,7-8,10H2,1H3. The first kappa shape index (κ1) is 13.5. The number of likely N-dealkylation sites (tertiary alicyclic amines) is 1. The van der Waals surface area contributed by atoms with Gasteiger partial charge in [-0.2, -0.15) is 5.26 Å². The minimum Gasteiger partial charge on any atom is -0.469 e. The van der Waals surface area contributed by atoms with Crippen molar-refractivity contribution in [2.75, 3.05) is 20.2 Å². The van der Waals surface area contributed by atoms with E-state index in [4.69, 9.17) is 10.00 Å². The Kier molecular flexibility index (Phi) is 4.48. The van der Waals surface area contributed by atoms with Gasteiger partial charge >= 0.3 is 5.97 Å². The number of carbonyl (C=O) groups excluding carboxylic acids is 1. The third-order valence-corrected chi connectivity index (χ3v) is 3.51. The molecule has 1 aromatic heterocycles. The largest absolute Gasteiger partial charge is 0.469 e. The highest BCUT2D eigenvalue weighted by molar-refractivity contribution is 5.72. The second-order valence-corrected chi connectivity index (χ2v) is 4.70. The lowest BCUT2D eigenvalue weighted by Gasteiger charge is -2.30. The molecule has 1 aliphatic rings. The maximum absolute atomic E-state index is 11.4. The molecule has 1 fully saturated rings. The lowest BCUT2D eigenvalue weighted by Crippen LogP contribution is -2.36. The first-order valence-electron chi connectivity index (χ1n) is 6.38. The number of ether oxygens (including phenoxy) is 1. The van der Waals surface area contributed by atoms with Gasteiger partial charge in [0.05, 0.1) is 13.0 Å². The summed E-state index contributed by atoms with van der Waals surface area (Å²) in [5, 5.41) is 9.00. The monoisotopic (exact) mass is 259 g/mol. The Balaban J connectivity index is 1.93. The molecule has 0 bridgehead atoms. The maximum Gasteiger partial charge on any atom is 0.308 e. The zero-order valence-corrected chi connectivity index (χ0v) is 11.0. The van der Waals surface area contributed by atoms with Crippen LogP contribution in [-0.4, -0.2) is 36.1 Å². The molecule has 2 heterocycles. The Hall–Kier alpha value is -1.93. The summed E-state index contributed by atoms with van der Waals surface area (Å²) in [5.74, 6) is -0.0932. The number of methoxy groups -OCH3 is 1. The second-order valence-electron chi connectivity index (χ2n) is 4.70. The average molecular weight is 259 g/mol. The topological polar surface area (TPSA) is 66.2 Å². The van der Waals surface area contributed by atoms with Gasteiger partial charge in [0, 0.05) is 18.3 Å². The van der Waals surface area contributed by atoms with Crippen LogP contribution in [0, 0.1) is 17.2 Å². The van der Waals surface area contributed by atoms with E-state index in [1.807, 2.05) is 12.1 Å². The molecule has 0 unspecified atom stereocenters. The summed E-state index contributed by atoms with van der Waals surface area (Å²) in [7, 11) is 1.43. The number of hydrogen-bond acceptors (Lipinski definition) is 5. The summed E-state index contributed by atoms with van der Waals surface area (Å²) in [6.07, 6.45) is 3.26. The first-order chi connectivity index (χ1) is 9.24. The van der Waals surface area contributed by atoms with E-state index in [1.54, 1.807) is 6.20 Å². The number of esters is 1. The van der Waals surface area contributed by atoms with Gasteiger partial charge in [-0.15, -0.1) is 0 Å². The molecule has 0 aromatic carbocycles. The Morgan fingerprint density at radius 2 is 2.32 bits per heavy atom. The average Bonchev–Trinajstić information content (AvgIpc) is 2.48. The Labute approximate surface area is 112 Å². The van der Waals surface area contributed by atoms with Gasteiger partial charge in [0.1, 0.15) is 11.8 Å². The highest BCUT2D eigenvalue weighted by atomic mass is 16.5. The van der Waals surface area contributed by atoms with Crippen molar-refractivity contribution in [2.24, 2.45) is 5.92 Å². The molecule has 100 valence electrons. The van der Waals surface area contributed by atoms with Crippen LogP contribution in [0.3, 0.4) is 0 Å². The molecule has 5 heteroatoms. The Bertz CT molecular complexity index is 488. The summed E-state index contributed by atoms with van der Waals surface area (Å²) in [5.41, 5.74) is 1.43. The number of nitriles is 1. The number of hydrogen-bond donors (Lipinski definition) is 0. The van der Waals surface area contributed by atoms with E-state index in [0.29, 0.717) is 12.2 Å². The predicted octanol–water partition coefficient (Wildman–Crippen LogP) is 1.34. The molecule has 0 radical (unpaired) electrons. The van der Waals surface area contributed by atoms with Crippen molar-refractivity contribution in [2.45, 2.75) is 19.4 Å². The van der Waals surface area contributed by atoms with Crippen molar-refractivity contribution in [1.29, 1.82) is 5.26 Å². The number of rotatable bonds is 3. The third-order valence-electron chi connectivity index (χ3n) is 3.51. The number of nitrogens with zero attached hydrogens (tertiary/aromatic N) is 3. The lowest BCUT2D eigenvalue weighted by molar-refractivity contribution is -0.147. The van der Waals surface area contributed by atoms with Crippen LogP contribution < -0.4 is 0 Å². The van der Waals surface area contributed by atoms with E-state index in [0.717, 1.165) is 31.5 Å². The van der Waals surface area contributed by atoms with Crippen LogP contribution >= 0.6 is 0 Å². The highest BCUT2D eigenvalue weighted by Crippen LogP contribution is 2.20. The van der Waals surface area contributed by atoms with Crippen molar-refractivity contribution >= 4 is 5.97 Å². The molecule has 1 saturated heterocycles. The summed E-state index contributed by atoms with van der Waals surface area (Å²) >= 11 is 0. The van der Waals surface area contributed by atoms with E-state index >= 15 is 0 Å². The van der Waals surface area contributed by atoms with Gasteiger partial charge in [0.2, 0.25) is 0 Å². The van der Waals surface area contributed by atoms with Gasteiger partial charge in [-0.25, -0.2) is 4.98 Å². The molecule has 1 aliphatic heterocycles. The van der Waals surface area contributed by atoms with Crippen LogP contribution in [0.5, 0.6) is 0 Å². The van der Waals surface area contributed by atoms with E-state index < -0.39 is 0 Å². The molecule has 1 aromatic rings. The van der Waals surface area contributed by atoms with Gasteiger partial charge in [-0.3, -0.25) is 9.69 Å². The van der Waals surface area contributed by atoms with Crippen LogP contribution in [0.4, 0.5) is 0 Å².